The number of hydrogen-bond acceptors (Lipinski definition) is 4. The first-order valence-corrected chi connectivity index (χ1v) is 9.67. The molecule has 0 aliphatic heterocycles. The molecule has 160 valence electrons. The van der Waals surface area contributed by atoms with Crippen LogP contribution < -0.4 is 5.32 Å². The van der Waals surface area contributed by atoms with Gasteiger partial charge in [0.2, 0.25) is 0 Å². The lowest BCUT2D eigenvalue weighted by molar-refractivity contribution is -0.00603. The summed E-state index contributed by atoms with van der Waals surface area (Å²) >= 11 is 0. The second-order valence-corrected chi connectivity index (χ2v) is 7.47. The molecule has 1 aromatic heterocycles. The molecule has 1 aliphatic carbocycles. The number of pyridine rings is 1. The van der Waals surface area contributed by atoms with Crippen molar-refractivity contribution in [2.75, 3.05) is 5.32 Å². The number of anilines is 2. The number of nitrogens with zero attached hydrogens (tertiary/aromatic N) is 1. The molecular weight excluding hydrogens is 409 g/mol. The molecule has 0 fully saturated rings. The van der Waals surface area contributed by atoms with Crippen molar-refractivity contribution in [1.29, 1.82) is 0 Å². The number of halogens is 3. The summed E-state index contributed by atoms with van der Waals surface area (Å²) in [6.07, 6.45) is 2.36. The number of carbonyl (C=O) groups is 1. The van der Waals surface area contributed by atoms with Crippen LogP contribution in [-0.2, 0) is 6.61 Å². The Kier molecular flexibility index (Phi) is 5.41. The first kappa shape index (κ1) is 20.9. The van der Waals surface area contributed by atoms with E-state index in [2.05, 4.69) is 10.3 Å². The quantitative estimate of drug-likeness (QED) is 0.499. The van der Waals surface area contributed by atoms with Crippen LogP contribution >= 0.6 is 0 Å². The molecule has 1 heterocycles. The maximum atomic E-state index is 14.0. The molecule has 31 heavy (non-hydrogen) atoms. The van der Waals surface area contributed by atoms with Gasteiger partial charge in [0.25, 0.3) is 5.92 Å². The predicted octanol–water partition coefficient (Wildman–Crippen LogP) is 5.51. The summed E-state index contributed by atoms with van der Waals surface area (Å²) in [5.41, 5.74) is 2.57. The highest BCUT2D eigenvalue weighted by molar-refractivity contribution is 6.02. The molecule has 0 amide bonds. The molecule has 3 N–H and O–H groups in total. The molecule has 4 rings (SSSR count). The van der Waals surface area contributed by atoms with Crippen molar-refractivity contribution in [3.63, 3.8) is 0 Å². The van der Waals surface area contributed by atoms with Crippen molar-refractivity contribution in [2.45, 2.75) is 31.8 Å². The van der Waals surface area contributed by atoms with Gasteiger partial charge in [0.05, 0.1) is 29.1 Å². The lowest BCUT2D eigenvalue weighted by atomic mass is 9.90. The molecule has 2 aromatic carbocycles. The minimum atomic E-state index is -2.77. The molecule has 3 aromatic rings. The van der Waals surface area contributed by atoms with Crippen LogP contribution in [0.3, 0.4) is 0 Å². The number of fused-ring (bicyclic) bond motifs is 1. The van der Waals surface area contributed by atoms with E-state index >= 15 is 0 Å². The van der Waals surface area contributed by atoms with Crippen LogP contribution in [0.5, 0.6) is 0 Å². The molecule has 1 aliphatic rings. The zero-order valence-electron chi connectivity index (χ0n) is 16.3. The third-order valence-corrected chi connectivity index (χ3v) is 5.34. The number of aliphatic hydroxyl groups is 1. The Morgan fingerprint density at radius 2 is 2.00 bits per heavy atom. The highest BCUT2D eigenvalue weighted by atomic mass is 19.3. The number of carboxylic acid groups (broad SMARTS) is 1. The predicted molar refractivity (Wildman–Crippen MR) is 111 cm³/mol. The molecule has 5 nitrogen and oxygen atoms in total. The minimum Gasteiger partial charge on any atom is -0.478 e. The molecule has 0 saturated carbocycles. The number of aromatic nitrogens is 1. The smallest absolute Gasteiger partial charge is 0.337 e. The topological polar surface area (TPSA) is 82.5 Å². The number of alkyl halides is 2. The fourth-order valence-corrected chi connectivity index (χ4v) is 3.69. The third-order valence-electron chi connectivity index (χ3n) is 5.34. The van der Waals surface area contributed by atoms with E-state index in [9.17, 15) is 28.2 Å². The number of benzene rings is 2. The maximum Gasteiger partial charge on any atom is 0.337 e. The van der Waals surface area contributed by atoms with Crippen molar-refractivity contribution in [3.8, 4) is 0 Å². The molecule has 0 atom stereocenters. The number of nitrogens with one attached hydrogen (secondary N) is 1. The van der Waals surface area contributed by atoms with Crippen molar-refractivity contribution in [3.05, 3.63) is 71.2 Å². The van der Waals surface area contributed by atoms with Crippen LogP contribution in [0.2, 0.25) is 0 Å². The summed E-state index contributed by atoms with van der Waals surface area (Å²) < 4.78 is 41.3. The Bertz CT molecular complexity index is 1210. The van der Waals surface area contributed by atoms with E-state index in [-0.39, 0.29) is 30.7 Å². The van der Waals surface area contributed by atoms with E-state index < -0.39 is 24.1 Å². The van der Waals surface area contributed by atoms with Gasteiger partial charge in [-0.2, -0.15) is 0 Å². The molecule has 0 bridgehead atoms. The van der Waals surface area contributed by atoms with E-state index in [4.69, 9.17) is 0 Å². The van der Waals surface area contributed by atoms with Gasteiger partial charge in [0.15, 0.2) is 0 Å². The number of aliphatic hydroxyl groups excluding tert-OH is 1. The first-order chi connectivity index (χ1) is 14.8. The molecule has 0 unspecified atom stereocenters. The van der Waals surface area contributed by atoms with E-state index in [1.165, 1.54) is 42.6 Å². The Morgan fingerprint density at radius 1 is 1.19 bits per heavy atom. The van der Waals surface area contributed by atoms with Crippen molar-refractivity contribution >= 4 is 33.8 Å². The molecular formula is C23H19F3N2O3. The largest absolute Gasteiger partial charge is 0.478 e. The van der Waals surface area contributed by atoms with Gasteiger partial charge < -0.3 is 15.5 Å². The lowest BCUT2D eigenvalue weighted by Crippen LogP contribution is -2.18. The van der Waals surface area contributed by atoms with Gasteiger partial charge in [0, 0.05) is 30.0 Å². The zero-order valence-corrected chi connectivity index (χ0v) is 16.3. The van der Waals surface area contributed by atoms with Gasteiger partial charge in [-0.25, -0.2) is 18.0 Å². The monoisotopic (exact) mass is 428 g/mol. The fraction of sp³-hybridized carbons (Fsp3) is 0.217. The van der Waals surface area contributed by atoms with Gasteiger partial charge in [-0.05, 0) is 47.9 Å². The summed E-state index contributed by atoms with van der Waals surface area (Å²) in [5, 5.41) is 22.4. The number of rotatable bonds is 5. The van der Waals surface area contributed by atoms with Crippen LogP contribution in [0.25, 0.3) is 16.5 Å². The maximum absolute atomic E-state index is 14.0. The lowest BCUT2D eigenvalue weighted by Gasteiger charge is -2.24. The number of allylic oxidation sites excluding steroid dienone is 2. The Balaban J connectivity index is 1.89. The standard InChI is InChI=1S/C23H19F3N2O3/c24-15-2-4-19-16(10-15)21(18(11-27-19)14-5-7-23(25,26)8-6-14)28-20-3-1-13(12-29)9-17(20)22(30)31/h1-5,9-11,29H,6-8,12H2,(H,27,28)(H,30,31). The summed E-state index contributed by atoms with van der Waals surface area (Å²) in [7, 11) is 0. The minimum absolute atomic E-state index is 0.0805. The summed E-state index contributed by atoms with van der Waals surface area (Å²) in [4.78, 5) is 16.1. The van der Waals surface area contributed by atoms with Crippen LogP contribution in [-0.4, -0.2) is 27.1 Å². The van der Waals surface area contributed by atoms with Gasteiger partial charge in [-0.1, -0.05) is 12.1 Å². The summed E-state index contributed by atoms with van der Waals surface area (Å²) in [6.45, 7) is -0.323. The molecule has 0 spiro atoms. The van der Waals surface area contributed by atoms with Crippen LogP contribution in [0, 0.1) is 5.82 Å². The molecule has 0 radical (unpaired) electrons. The zero-order chi connectivity index (χ0) is 22.2. The van der Waals surface area contributed by atoms with Crippen LogP contribution in [0.1, 0.15) is 40.7 Å². The third kappa shape index (κ3) is 4.25. The highest BCUT2D eigenvalue weighted by Crippen LogP contribution is 2.41. The number of aromatic carboxylic acids is 1. The van der Waals surface area contributed by atoms with Crippen molar-refractivity contribution in [2.24, 2.45) is 0 Å². The van der Waals surface area contributed by atoms with E-state index in [1.54, 1.807) is 6.07 Å². The van der Waals surface area contributed by atoms with E-state index in [0.717, 1.165) is 0 Å². The van der Waals surface area contributed by atoms with Crippen molar-refractivity contribution in [1.82, 2.24) is 4.98 Å². The highest BCUT2D eigenvalue weighted by Gasteiger charge is 2.32. The Morgan fingerprint density at radius 3 is 2.68 bits per heavy atom. The second-order valence-electron chi connectivity index (χ2n) is 7.47. The average Bonchev–Trinajstić information content (AvgIpc) is 2.74. The molecule has 8 heteroatoms. The van der Waals surface area contributed by atoms with Gasteiger partial charge in [0.1, 0.15) is 5.82 Å². The van der Waals surface area contributed by atoms with Crippen LogP contribution in [0.4, 0.5) is 24.5 Å². The SMILES string of the molecule is O=C(O)c1cc(CO)ccc1Nc1c(C2=CCC(F)(F)CC2)cnc2ccc(F)cc12. The van der Waals surface area contributed by atoms with Crippen molar-refractivity contribution < 1.29 is 28.2 Å². The number of carboxylic acids is 1. The Labute approximate surface area is 175 Å². The number of hydrogen-bond donors (Lipinski definition) is 3. The molecule has 0 saturated heterocycles. The van der Waals surface area contributed by atoms with Gasteiger partial charge >= 0.3 is 5.97 Å². The second kappa shape index (κ2) is 8.03. The van der Waals surface area contributed by atoms with Gasteiger partial charge in [-0.15, -0.1) is 0 Å². The summed E-state index contributed by atoms with van der Waals surface area (Å²) in [5.74, 6) is -4.49. The van der Waals surface area contributed by atoms with E-state index in [1.807, 2.05) is 0 Å². The average molecular weight is 428 g/mol. The van der Waals surface area contributed by atoms with Gasteiger partial charge in [-0.3, -0.25) is 4.98 Å². The Hall–Kier alpha value is -3.39. The summed E-state index contributed by atoms with van der Waals surface area (Å²) in [6, 6.07) is 8.45. The first-order valence-electron chi connectivity index (χ1n) is 9.67. The fourth-order valence-electron chi connectivity index (χ4n) is 3.69. The van der Waals surface area contributed by atoms with Crippen LogP contribution in [0.15, 0.2) is 48.7 Å². The van der Waals surface area contributed by atoms with E-state index in [0.29, 0.717) is 33.3 Å². The normalized spacial score (nSPS) is 15.5.